The van der Waals surface area contributed by atoms with Gasteiger partial charge in [0.2, 0.25) is 0 Å². The number of aromatic hydroxyl groups is 1. The summed E-state index contributed by atoms with van der Waals surface area (Å²) in [6, 6.07) is 2.47. The average molecular weight is 421 g/mol. The van der Waals surface area contributed by atoms with E-state index >= 15 is 0 Å². The van der Waals surface area contributed by atoms with E-state index in [4.69, 9.17) is 0 Å². The zero-order valence-corrected chi connectivity index (χ0v) is 15.7. The molecule has 7 heteroatoms. The van der Waals surface area contributed by atoms with E-state index in [1.165, 1.54) is 6.42 Å². The number of phenolic OH excluding ortho intramolecular Hbond substituents is 1. The molecule has 3 nitrogen and oxygen atoms in total. The topological polar surface area (TPSA) is 35.5 Å². The molecule has 1 aliphatic heterocycles. The second kappa shape index (κ2) is 7.84. The van der Waals surface area contributed by atoms with Crippen molar-refractivity contribution in [1.82, 2.24) is 10.2 Å². The van der Waals surface area contributed by atoms with E-state index in [-0.39, 0.29) is 12.0 Å². The van der Waals surface area contributed by atoms with Crippen LogP contribution in [0, 0.1) is 5.92 Å². The Morgan fingerprint density at radius 2 is 1.76 bits per heavy atom. The summed E-state index contributed by atoms with van der Waals surface area (Å²) < 4.78 is 40.4. The van der Waals surface area contributed by atoms with E-state index in [0.717, 1.165) is 57.9 Å². The van der Waals surface area contributed by atoms with Gasteiger partial charge >= 0.3 is 6.18 Å². The van der Waals surface area contributed by atoms with Gasteiger partial charge in [-0.1, -0.05) is 35.2 Å². The molecule has 3 rings (SSSR count). The molecule has 2 N–H and O–H groups in total. The van der Waals surface area contributed by atoms with Crippen LogP contribution in [-0.2, 0) is 6.18 Å². The van der Waals surface area contributed by atoms with Crippen molar-refractivity contribution in [2.45, 2.75) is 44.3 Å². The first-order valence-electron chi connectivity index (χ1n) is 8.92. The fraction of sp³-hybridized carbons (Fsp3) is 0.667. The van der Waals surface area contributed by atoms with Crippen molar-refractivity contribution < 1.29 is 18.3 Å². The fourth-order valence-electron chi connectivity index (χ4n) is 4.22. The molecule has 1 aliphatic carbocycles. The summed E-state index contributed by atoms with van der Waals surface area (Å²) >= 11 is 3.21. The first kappa shape index (κ1) is 19.0. The quantitative estimate of drug-likeness (QED) is 0.743. The van der Waals surface area contributed by atoms with E-state index in [0.29, 0.717) is 10.0 Å². The minimum atomic E-state index is -4.57. The number of nitrogens with one attached hydrogen (secondary N) is 1. The maximum absolute atomic E-state index is 13.4. The number of alkyl halides is 3. The second-order valence-corrected chi connectivity index (χ2v) is 7.93. The van der Waals surface area contributed by atoms with Crippen molar-refractivity contribution in [3.8, 4) is 5.75 Å². The summed E-state index contributed by atoms with van der Waals surface area (Å²) in [7, 11) is 0. The number of phenols is 1. The van der Waals surface area contributed by atoms with Crippen LogP contribution in [0.3, 0.4) is 0 Å². The Morgan fingerprint density at radius 3 is 2.36 bits per heavy atom. The van der Waals surface area contributed by atoms with Gasteiger partial charge in [0.15, 0.2) is 0 Å². The van der Waals surface area contributed by atoms with Crippen molar-refractivity contribution in [3.05, 3.63) is 27.7 Å². The van der Waals surface area contributed by atoms with Gasteiger partial charge in [-0.05, 0) is 30.9 Å². The molecule has 0 radical (unpaired) electrons. The summed E-state index contributed by atoms with van der Waals surface area (Å²) in [5.74, 6) is -0.321. The highest BCUT2D eigenvalue weighted by atomic mass is 79.9. The van der Waals surface area contributed by atoms with Crippen LogP contribution in [-0.4, -0.2) is 36.2 Å². The number of benzene rings is 1. The first-order chi connectivity index (χ1) is 11.9. The van der Waals surface area contributed by atoms with Crippen molar-refractivity contribution in [2.75, 3.05) is 26.2 Å². The maximum atomic E-state index is 13.4. The largest absolute Gasteiger partial charge is 0.507 e. The Balaban J connectivity index is 2.04. The lowest BCUT2D eigenvalue weighted by molar-refractivity contribution is -0.139. The number of nitrogens with zero attached hydrogens (tertiary/aromatic N) is 1. The molecule has 1 aromatic carbocycles. The Labute approximate surface area is 154 Å². The lowest BCUT2D eigenvalue weighted by atomic mass is 9.79. The summed E-state index contributed by atoms with van der Waals surface area (Å²) in [6.45, 7) is 3.22. The lowest BCUT2D eigenvalue weighted by Gasteiger charge is -2.41. The molecule has 140 valence electrons. The number of hydrogen-bond acceptors (Lipinski definition) is 3. The van der Waals surface area contributed by atoms with E-state index in [1.807, 2.05) is 0 Å². The van der Waals surface area contributed by atoms with Crippen molar-refractivity contribution in [2.24, 2.45) is 5.92 Å². The van der Waals surface area contributed by atoms with Gasteiger partial charge in [-0.2, -0.15) is 13.2 Å². The minimum absolute atomic E-state index is 0.166. The van der Waals surface area contributed by atoms with Crippen LogP contribution < -0.4 is 5.32 Å². The van der Waals surface area contributed by atoms with Crippen LogP contribution in [0.25, 0.3) is 0 Å². The van der Waals surface area contributed by atoms with Gasteiger partial charge in [-0.25, -0.2) is 0 Å². The Kier molecular flexibility index (Phi) is 5.96. The summed E-state index contributed by atoms with van der Waals surface area (Å²) in [4.78, 5) is 2.24. The summed E-state index contributed by atoms with van der Waals surface area (Å²) in [6.07, 6.45) is 0.832. The lowest BCUT2D eigenvalue weighted by Crippen LogP contribution is -2.47. The predicted octanol–water partition coefficient (Wildman–Crippen LogP) is 4.70. The second-order valence-electron chi connectivity index (χ2n) is 7.02. The van der Waals surface area contributed by atoms with Gasteiger partial charge in [0.1, 0.15) is 5.75 Å². The van der Waals surface area contributed by atoms with Crippen LogP contribution in [0.4, 0.5) is 13.2 Å². The standard InChI is InChI=1S/C18H24BrF3N2O/c19-13-10-14(17(25)15(11-13)18(20,21)22)16(12-4-2-1-3-5-12)24-8-6-23-7-9-24/h10-12,16,23,25H,1-9H2/t16-/m1/s1. The zero-order valence-electron chi connectivity index (χ0n) is 14.1. The summed E-state index contributed by atoms with van der Waals surface area (Å²) in [5, 5.41) is 13.8. The number of hydrogen-bond donors (Lipinski definition) is 2. The molecular weight excluding hydrogens is 397 g/mol. The fourth-order valence-corrected chi connectivity index (χ4v) is 4.70. The van der Waals surface area contributed by atoms with Crippen LogP contribution >= 0.6 is 15.9 Å². The monoisotopic (exact) mass is 420 g/mol. The van der Waals surface area contributed by atoms with Gasteiger partial charge < -0.3 is 10.4 Å². The molecular formula is C18H24BrF3N2O. The van der Waals surface area contributed by atoms with Crippen molar-refractivity contribution >= 4 is 15.9 Å². The van der Waals surface area contributed by atoms with E-state index in [2.05, 4.69) is 26.1 Å². The maximum Gasteiger partial charge on any atom is 0.420 e. The minimum Gasteiger partial charge on any atom is -0.507 e. The van der Waals surface area contributed by atoms with Gasteiger partial charge in [-0.3, -0.25) is 4.90 Å². The van der Waals surface area contributed by atoms with Gasteiger partial charge in [0, 0.05) is 42.3 Å². The predicted molar refractivity (Wildman–Crippen MR) is 94.6 cm³/mol. The number of halogens is 4. The molecule has 2 fully saturated rings. The van der Waals surface area contributed by atoms with Crippen LogP contribution in [0.15, 0.2) is 16.6 Å². The smallest absolute Gasteiger partial charge is 0.420 e. The van der Waals surface area contributed by atoms with Crippen LogP contribution in [0.1, 0.15) is 49.3 Å². The van der Waals surface area contributed by atoms with Gasteiger partial charge in [0.25, 0.3) is 0 Å². The molecule has 1 saturated carbocycles. The zero-order chi connectivity index (χ0) is 18.0. The third-order valence-electron chi connectivity index (χ3n) is 5.37. The molecule has 0 spiro atoms. The molecule has 2 aliphatic rings. The third kappa shape index (κ3) is 4.31. The molecule has 1 aromatic rings. The molecule has 0 amide bonds. The highest BCUT2D eigenvalue weighted by Gasteiger charge is 2.39. The highest BCUT2D eigenvalue weighted by Crippen LogP contribution is 2.46. The highest BCUT2D eigenvalue weighted by molar-refractivity contribution is 9.10. The van der Waals surface area contributed by atoms with Crippen LogP contribution in [0.2, 0.25) is 0 Å². The SMILES string of the molecule is Oc1c([C@@H](C2CCCCC2)N2CCNCC2)cc(Br)cc1C(F)(F)F. The Bertz CT molecular complexity index is 579. The Hall–Kier alpha value is -0.790. The molecule has 1 saturated heterocycles. The summed E-state index contributed by atoms with van der Waals surface area (Å²) in [5.41, 5.74) is -0.539. The van der Waals surface area contributed by atoms with E-state index in [1.54, 1.807) is 6.07 Å². The molecule has 1 heterocycles. The molecule has 0 bridgehead atoms. The van der Waals surface area contributed by atoms with E-state index < -0.39 is 17.5 Å². The van der Waals surface area contributed by atoms with E-state index in [9.17, 15) is 18.3 Å². The normalized spacial score (nSPS) is 22.1. The van der Waals surface area contributed by atoms with Crippen molar-refractivity contribution in [1.29, 1.82) is 0 Å². The molecule has 1 atom stereocenters. The molecule has 25 heavy (non-hydrogen) atoms. The first-order valence-corrected chi connectivity index (χ1v) is 9.71. The molecule has 0 aromatic heterocycles. The number of rotatable bonds is 3. The van der Waals surface area contributed by atoms with Crippen LogP contribution in [0.5, 0.6) is 5.75 Å². The van der Waals surface area contributed by atoms with Gasteiger partial charge in [-0.15, -0.1) is 0 Å². The average Bonchev–Trinajstić information content (AvgIpc) is 2.59. The van der Waals surface area contributed by atoms with Crippen molar-refractivity contribution in [3.63, 3.8) is 0 Å². The van der Waals surface area contributed by atoms with Gasteiger partial charge in [0.05, 0.1) is 5.56 Å². The number of piperazine rings is 1. The molecule has 0 unspecified atom stereocenters. The Morgan fingerprint density at radius 1 is 1.12 bits per heavy atom. The third-order valence-corrected chi connectivity index (χ3v) is 5.83.